The summed E-state index contributed by atoms with van der Waals surface area (Å²) in [5.74, 6) is -0.0811. The summed E-state index contributed by atoms with van der Waals surface area (Å²) in [6.45, 7) is 6.86. The predicted octanol–water partition coefficient (Wildman–Crippen LogP) is 2.92. The number of amides is 1. The van der Waals surface area contributed by atoms with Gasteiger partial charge in [0.25, 0.3) is 0 Å². The molecule has 0 unspecified atom stereocenters. The summed E-state index contributed by atoms with van der Waals surface area (Å²) in [6, 6.07) is 6.05. The number of rotatable bonds is 6. The van der Waals surface area contributed by atoms with Crippen LogP contribution in [0.5, 0.6) is 0 Å². The van der Waals surface area contributed by atoms with Gasteiger partial charge in [-0.25, -0.2) is 0 Å². The van der Waals surface area contributed by atoms with E-state index in [-0.39, 0.29) is 12.5 Å². The first-order valence-corrected chi connectivity index (χ1v) is 6.15. The van der Waals surface area contributed by atoms with Crippen molar-refractivity contribution in [1.82, 2.24) is 0 Å². The van der Waals surface area contributed by atoms with Gasteiger partial charge in [-0.05, 0) is 30.9 Å². The number of carbonyl (C=O) groups is 1. The molecule has 0 spiro atoms. The lowest BCUT2D eigenvalue weighted by Crippen LogP contribution is -2.20. The van der Waals surface area contributed by atoms with Crippen molar-refractivity contribution in [3.63, 3.8) is 0 Å². The Morgan fingerprint density at radius 1 is 1.35 bits per heavy atom. The third kappa shape index (κ3) is 4.19. The highest BCUT2D eigenvalue weighted by Crippen LogP contribution is 2.20. The average molecular weight is 235 g/mol. The quantitative estimate of drug-likeness (QED) is 0.770. The zero-order valence-corrected chi connectivity index (χ0v) is 10.9. The molecule has 0 atom stereocenters. The number of hydrogen-bond acceptors (Lipinski definition) is 2. The Balaban J connectivity index is 2.64. The second-order valence-corrected chi connectivity index (χ2v) is 4.06. The SMILES string of the molecule is CCCOCC(=O)Nc1c(C)cccc1CC. The van der Waals surface area contributed by atoms with Crippen LogP contribution in [0.2, 0.25) is 0 Å². The van der Waals surface area contributed by atoms with Crippen molar-refractivity contribution < 1.29 is 9.53 Å². The topological polar surface area (TPSA) is 38.3 Å². The molecule has 0 radical (unpaired) electrons. The Kier molecular flexibility index (Phi) is 5.70. The number of hydrogen-bond donors (Lipinski definition) is 1. The number of anilines is 1. The maximum Gasteiger partial charge on any atom is 0.250 e. The van der Waals surface area contributed by atoms with Crippen molar-refractivity contribution in [1.29, 1.82) is 0 Å². The van der Waals surface area contributed by atoms with Gasteiger partial charge in [0.2, 0.25) is 5.91 Å². The van der Waals surface area contributed by atoms with Gasteiger partial charge in [-0.2, -0.15) is 0 Å². The number of carbonyl (C=O) groups excluding carboxylic acids is 1. The molecule has 0 saturated heterocycles. The average Bonchev–Trinajstić information content (AvgIpc) is 2.32. The number of benzene rings is 1. The summed E-state index contributed by atoms with van der Waals surface area (Å²) in [5.41, 5.74) is 3.18. The predicted molar refractivity (Wildman–Crippen MR) is 70.3 cm³/mol. The van der Waals surface area contributed by atoms with E-state index in [0.29, 0.717) is 6.61 Å². The van der Waals surface area contributed by atoms with E-state index in [2.05, 4.69) is 12.2 Å². The van der Waals surface area contributed by atoms with Crippen LogP contribution in [0.4, 0.5) is 5.69 Å². The number of ether oxygens (including phenoxy) is 1. The summed E-state index contributed by atoms with van der Waals surface area (Å²) in [5, 5.41) is 2.92. The lowest BCUT2D eigenvalue weighted by Gasteiger charge is -2.12. The first kappa shape index (κ1) is 13.7. The summed E-state index contributed by atoms with van der Waals surface area (Å²) in [7, 11) is 0. The fourth-order valence-electron chi connectivity index (χ4n) is 1.69. The summed E-state index contributed by atoms with van der Waals surface area (Å²) < 4.78 is 5.22. The fraction of sp³-hybridized carbons (Fsp3) is 0.500. The van der Waals surface area contributed by atoms with Crippen molar-refractivity contribution in [2.75, 3.05) is 18.5 Å². The molecule has 1 rings (SSSR count). The number of nitrogens with one attached hydrogen (secondary N) is 1. The van der Waals surface area contributed by atoms with Crippen LogP contribution < -0.4 is 5.32 Å². The van der Waals surface area contributed by atoms with E-state index in [0.717, 1.165) is 29.7 Å². The van der Waals surface area contributed by atoms with E-state index in [4.69, 9.17) is 4.74 Å². The minimum Gasteiger partial charge on any atom is -0.372 e. The van der Waals surface area contributed by atoms with Gasteiger partial charge < -0.3 is 10.1 Å². The highest BCUT2D eigenvalue weighted by atomic mass is 16.5. The van der Waals surface area contributed by atoms with Crippen LogP contribution in [0.3, 0.4) is 0 Å². The van der Waals surface area contributed by atoms with Gasteiger partial charge in [-0.3, -0.25) is 4.79 Å². The zero-order chi connectivity index (χ0) is 12.7. The molecule has 1 N–H and O–H groups in total. The summed E-state index contributed by atoms with van der Waals surface area (Å²) >= 11 is 0. The van der Waals surface area contributed by atoms with Gasteiger partial charge in [0.1, 0.15) is 6.61 Å². The lowest BCUT2D eigenvalue weighted by atomic mass is 10.1. The first-order valence-electron chi connectivity index (χ1n) is 6.15. The van der Waals surface area contributed by atoms with Crippen LogP contribution in [-0.2, 0) is 16.0 Å². The van der Waals surface area contributed by atoms with Crippen molar-refractivity contribution in [3.05, 3.63) is 29.3 Å². The van der Waals surface area contributed by atoms with Crippen LogP contribution in [0, 0.1) is 6.92 Å². The Labute approximate surface area is 103 Å². The molecule has 0 saturated carbocycles. The Morgan fingerprint density at radius 3 is 2.76 bits per heavy atom. The lowest BCUT2D eigenvalue weighted by molar-refractivity contribution is -0.120. The number of para-hydroxylation sites is 1. The van der Waals surface area contributed by atoms with Crippen LogP contribution in [0.15, 0.2) is 18.2 Å². The standard InChI is InChI=1S/C14H21NO2/c1-4-9-17-10-13(16)15-14-11(3)7-6-8-12(14)5-2/h6-8H,4-5,9-10H2,1-3H3,(H,15,16). The minimum absolute atomic E-state index is 0.0811. The first-order chi connectivity index (χ1) is 8.19. The second-order valence-electron chi connectivity index (χ2n) is 4.06. The van der Waals surface area contributed by atoms with Gasteiger partial charge in [0.05, 0.1) is 0 Å². The largest absolute Gasteiger partial charge is 0.372 e. The molecule has 0 bridgehead atoms. The molecular formula is C14H21NO2. The molecule has 0 fully saturated rings. The molecule has 0 aromatic heterocycles. The smallest absolute Gasteiger partial charge is 0.250 e. The monoisotopic (exact) mass is 235 g/mol. The molecular weight excluding hydrogens is 214 g/mol. The summed E-state index contributed by atoms with van der Waals surface area (Å²) in [6.07, 6.45) is 1.84. The third-order valence-electron chi connectivity index (χ3n) is 2.59. The van der Waals surface area contributed by atoms with Gasteiger partial charge in [-0.1, -0.05) is 32.0 Å². The molecule has 0 heterocycles. The molecule has 0 aliphatic heterocycles. The van der Waals surface area contributed by atoms with Crippen LogP contribution in [-0.4, -0.2) is 19.1 Å². The highest BCUT2D eigenvalue weighted by molar-refractivity contribution is 5.93. The Hall–Kier alpha value is -1.35. The highest BCUT2D eigenvalue weighted by Gasteiger charge is 2.08. The molecule has 94 valence electrons. The molecule has 1 aromatic rings. The van der Waals surface area contributed by atoms with Crippen LogP contribution >= 0.6 is 0 Å². The molecule has 17 heavy (non-hydrogen) atoms. The van der Waals surface area contributed by atoms with Gasteiger partial charge in [0.15, 0.2) is 0 Å². The summed E-state index contributed by atoms with van der Waals surface area (Å²) in [4.78, 5) is 11.7. The van der Waals surface area contributed by atoms with E-state index in [1.54, 1.807) is 0 Å². The van der Waals surface area contributed by atoms with E-state index >= 15 is 0 Å². The Bertz CT molecular complexity index is 374. The van der Waals surface area contributed by atoms with Crippen LogP contribution in [0.25, 0.3) is 0 Å². The van der Waals surface area contributed by atoms with E-state index in [1.807, 2.05) is 32.0 Å². The molecule has 0 aliphatic carbocycles. The third-order valence-corrected chi connectivity index (χ3v) is 2.59. The van der Waals surface area contributed by atoms with E-state index in [1.165, 1.54) is 0 Å². The molecule has 0 aliphatic rings. The van der Waals surface area contributed by atoms with Crippen LogP contribution in [0.1, 0.15) is 31.4 Å². The van der Waals surface area contributed by atoms with Gasteiger partial charge in [0, 0.05) is 12.3 Å². The maximum absolute atomic E-state index is 11.7. The van der Waals surface area contributed by atoms with Gasteiger partial charge >= 0.3 is 0 Å². The van der Waals surface area contributed by atoms with Crippen molar-refractivity contribution in [2.45, 2.75) is 33.6 Å². The maximum atomic E-state index is 11.7. The van der Waals surface area contributed by atoms with Crippen molar-refractivity contribution >= 4 is 11.6 Å². The van der Waals surface area contributed by atoms with Crippen molar-refractivity contribution in [3.8, 4) is 0 Å². The van der Waals surface area contributed by atoms with E-state index < -0.39 is 0 Å². The molecule has 3 heteroatoms. The second kappa shape index (κ2) is 7.07. The van der Waals surface area contributed by atoms with Crippen molar-refractivity contribution in [2.24, 2.45) is 0 Å². The molecule has 3 nitrogen and oxygen atoms in total. The minimum atomic E-state index is -0.0811. The fourth-order valence-corrected chi connectivity index (χ4v) is 1.69. The van der Waals surface area contributed by atoms with Gasteiger partial charge in [-0.15, -0.1) is 0 Å². The molecule has 1 aromatic carbocycles. The number of aryl methyl sites for hydroxylation is 2. The Morgan fingerprint density at radius 2 is 2.12 bits per heavy atom. The normalized spacial score (nSPS) is 10.3. The molecule has 1 amide bonds. The van der Waals surface area contributed by atoms with E-state index in [9.17, 15) is 4.79 Å². The zero-order valence-electron chi connectivity index (χ0n) is 10.9.